The molecule has 12 heteroatoms. The van der Waals surface area contributed by atoms with Crippen LogP contribution in [0, 0.1) is 18.3 Å². The number of hydrogen-bond acceptors (Lipinski definition) is 4. The van der Waals surface area contributed by atoms with E-state index in [-0.39, 0.29) is 17.3 Å². The van der Waals surface area contributed by atoms with E-state index >= 15 is 0 Å². The van der Waals surface area contributed by atoms with E-state index in [1.165, 1.54) is 12.3 Å². The number of halogens is 3. The van der Waals surface area contributed by atoms with Crippen LogP contribution < -0.4 is 10.0 Å². The van der Waals surface area contributed by atoms with E-state index in [1.54, 1.807) is 46.1 Å². The third kappa shape index (κ3) is 8.41. The summed E-state index contributed by atoms with van der Waals surface area (Å²) in [6, 6.07) is 3.16. The molecule has 0 spiro atoms. The predicted octanol–water partition coefficient (Wildman–Crippen LogP) is 6.61. The van der Waals surface area contributed by atoms with E-state index < -0.39 is 43.5 Å². The molecule has 1 amide bonds. The lowest BCUT2D eigenvalue weighted by atomic mass is 9.85. The zero-order valence-electron chi connectivity index (χ0n) is 25.1. The second-order valence-electron chi connectivity index (χ2n) is 12.9. The van der Waals surface area contributed by atoms with Crippen molar-refractivity contribution in [3.8, 4) is 5.69 Å². The summed E-state index contributed by atoms with van der Waals surface area (Å²) in [5, 5.41) is 2.53. The number of alkyl halides is 3. The molecule has 1 aromatic carbocycles. The number of carbonyl (C=O) groups excluding carboxylic acids is 2. The summed E-state index contributed by atoms with van der Waals surface area (Å²) >= 11 is 3.91. The molecular formula is C30H42F3N3O4S2. The average Bonchev–Trinajstić information content (AvgIpc) is 3.18. The molecule has 42 heavy (non-hydrogen) atoms. The van der Waals surface area contributed by atoms with E-state index in [9.17, 15) is 31.2 Å². The van der Waals surface area contributed by atoms with Crippen molar-refractivity contribution in [2.24, 2.45) is 11.3 Å². The van der Waals surface area contributed by atoms with Gasteiger partial charge in [0.2, 0.25) is 10.0 Å². The van der Waals surface area contributed by atoms with Crippen LogP contribution >= 0.6 is 12.6 Å². The lowest BCUT2D eigenvalue weighted by Gasteiger charge is -2.24. The highest BCUT2D eigenvalue weighted by atomic mass is 32.2. The second kappa shape index (κ2) is 12.7. The molecular weight excluding hydrogens is 587 g/mol. The third-order valence-electron chi connectivity index (χ3n) is 7.73. The van der Waals surface area contributed by atoms with Gasteiger partial charge >= 0.3 is 6.18 Å². The smallest absolute Gasteiger partial charge is 0.352 e. The van der Waals surface area contributed by atoms with Crippen LogP contribution in [0.15, 0.2) is 29.3 Å². The molecule has 7 nitrogen and oxygen atoms in total. The number of aromatic nitrogens is 1. The van der Waals surface area contributed by atoms with Crippen LogP contribution in [0.1, 0.15) is 100 Å². The highest BCUT2D eigenvalue weighted by molar-refractivity contribution is 7.96. The van der Waals surface area contributed by atoms with E-state index in [0.717, 1.165) is 49.9 Å². The molecule has 3 rings (SSSR count). The van der Waals surface area contributed by atoms with Gasteiger partial charge in [-0.1, -0.05) is 46.0 Å². The Morgan fingerprint density at radius 1 is 1.05 bits per heavy atom. The van der Waals surface area contributed by atoms with Gasteiger partial charge in [-0.05, 0) is 70.2 Å². The normalized spacial score (nSPS) is 15.6. The summed E-state index contributed by atoms with van der Waals surface area (Å²) in [6.07, 6.45) is 2.78. The highest BCUT2D eigenvalue weighted by Gasteiger charge is 2.39. The number of sulfonamides is 1. The van der Waals surface area contributed by atoms with E-state index in [2.05, 4.69) is 22.7 Å². The van der Waals surface area contributed by atoms with Crippen molar-refractivity contribution in [3.63, 3.8) is 0 Å². The molecule has 1 saturated carbocycles. The van der Waals surface area contributed by atoms with Gasteiger partial charge in [0.1, 0.15) is 0 Å². The number of amides is 1. The lowest BCUT2D eigenvalue weighted by Crippen LogP contribution is -2.41. The van der Waals surface area contributed by atoms with Gasteiger partial charge in [-0.2, -0.15) is 13.2 Å². The molecule has 1 aliphatic carbocycles. The molecule has 2 aromatic rings. The Morgan fingerprint density at radius 3 is 2.21 bits per heavy atom. The summed E-state index contributed by atoms with van der Waals surface area (Å²) < 4.78 is 72.7. The monoisotopic (exact) mass is 629 g/mol. The van der Waals surface area contributed by atoms with E-state index in [1.807, 2.05) is 0 Å². The number of thiol groups is 1. The number of rotatable bonds is 10. The van der Waals surface area contributed by atoms with E-state index in [4.69, 9.17) is 0 Å². The summed E-state index contributed by atoms with van der Waals surface area (Å²) in [5.74, 6) is -0.0786. The lowest BCUT2D eigenvalue weighted by molar-refractivity contribution is -0.139. The summed E-state index contributed by atoms with van der Waals surface area (Å²) in [4.78, 5) is 24.1. The Balaban J connectivity index is 2.08. The number of carbonyl (C=O) groups is 2. The van der Waals surface area contributed by atoms with Crippen molar-refractivity contribution in [1.29, 1.82) is 0 Å². The minimum absolute atomic E-state index is 0.117. The summed E-state index contributed by atoms with van der Waals surface area (Å²) in [6.45, 7) is 10.1. The number of hydrogen-bond donors (Lipinski definition) is 3. The van der Waals surface area contributed by atoms with Gasteiger partial charge in [0.25, 0.3) is 5.91 Å². The fourth-order valence-electron chi connectivity index (χ4n) is 5.29. The molecule has 0 aliphatic heterocycles. The van der Waals surface area contributed by atoms with Gasteiger partial charge in [-0.25, -0.2) is 13.1 Å². The zero-order chi connectivity index (χ0) is 31.7. The van der Waals surface area contributed by atoms with Crippen molar-refractivity contribution >= 4 is 33.7 Å². The summed E-state index contributed by atoms with van der Waals surface area (Å²) in [5.41, 5.74) is -1.19. The number of benzene rings is 1. The van der Waals surface area contributed by atoms with Gasteiger partial charge in [0, 0.05) is 35.1 Å². The fraction of sp³-hybridized carbons (Fsp3) is 0.600. The first kappa shape index (κ1) is 34.2. The van der Waals surface area contributed by atoms with Crippen LogP contribution in [0.4, 0.5) is 13.2 Å². The number of nitrogens with one attached hydrogen (secondary N) is 2. The van der Waals surface area contributed by atoms with Crippen LogP contribution in [0.3, 0.4) is 0 Å². The van der Waals surface area contributed by atoms with Crippen molar-refractivity contribution in [3.05, 3.63) is 46.8 Å². The SMILES string of the molecule is Cc1c(C(=O)NCCC(C)(C)C(=O)S)cn(-c2ccc(S(=O)(=O)NC(C)(C)C)c(C(F)(F)F)c2)c1CC1CCCCC1. The molecule has 1 aliphatic rings. The van der Waals surface area contributed by atoms with Crippen molar-refractivity contribution < 1.29 is 31.2 Å². The quantitative estimate of drug-likeness (QED) is 0.258. The minimum Gasteiger partial charge on any atom is -0.352 e. The molecule has 0 bridgehead atoms. The molecule has 0 saturated heterocycles. The Kier molecular flexibility index (Phi) is 10.4. The first-order valence-electron chi connectivity index (χ1n) is 14.2. The first-order valence-corrected chi connectivity index (χ1v) is 16.1. The summed E-state index contributed by atoms with van der Waals surface area (Å²) in [7, 11) is -4.48. The molecule has 0 radical (unpaired) electrons. The van der Waals surface area contributed by atoms with Gasteiger partial charge in [-0.15, -0.1) is 12.6 Å². The van der Waals surface area contributed by atoms with Gasteiger partial charge < -0.3 is 9.88 Å². The van der Waals surface area contributed by atoms with Crippen molar-refractivity contribution in [2.75, 3.05) is 6.54 Å². The molecule has 1 heterocycles. The van der Waals surface area contributed by atoms with E-state index in [0.29, 0.717) is 29.9 Å². The molecule has 0 unspecified atom stereocenters. The number of nitrogens with zero attached hydrogens (tertiary/aromatic N) is 1. The Bertz CT molecular complexity index is 1420. The molecule has 1 fully saturated rings. The Labute approximate surface area is 252 Å². The Morgan fingerprint density at radius 2 is 1.67 bits per heavy atom. The first-order chi connectivity index (χ1) is 19.2. The van der Waals surface area contributed by atoms with Crippen molar-refractivity contribution in [1.82, 2.24) is 14.6 Å². The maximum atomic E-state index is 14.3. The van der Waals surface area contributed by atoms with Crippen LogP contribution in [0.2, 0.25) is 0 Å². The van der Waals surface area contributed by atoms with Crippen LogP contribution in [0.25, 0.3) is 5.69 Å². The average molecular weight is 630 g/mol. The van der Waals surface area contributed by atoms with Gasteiger partial charge in [0.15, 0.2) is 5.12 Å². The Hall–Kier alpha value is -2.31. The minimum atomic E-state index is -4.94. The van der Waals surface area contributed by atoms with Crippen molar-refractivity contribution in [2.45, 2.75) is 103 Å². The fourth-order valence-corrected chi connectivity index (χ4v) is 7.03. The topological polar surface area (TPSA) is 97.3 Å². The third-order valence-corrected chi connectivity index (χ3v) is 10.2. The molecule has 2 N–H and O–H groups in total. The van der Waals surface area contributed by atoms with Crippen LogP contribution in [-0.2, 0) is 27.4 Å². The van der Waals surface area contributed by atoms with Gasteiger partial charge in [-0.3, -0.25) is 9.59 Å². The van der Waals surface area contributed by atoms with Gasteiger partial charge in [0.05, 0.1) is 16.0 Å². The standard InChI is InChI=1S/C30H42F3N3O4S2/c1-19-22(26(37)34-15-14-29(5,6)27(38)41)18-36(24(19)16-20-10-8-7-9-11-20)21-12-13-25(23(17-21)30(31,32)33)42(39,40)35-28(2,3)4/h12-13,17-18,20,35H,7-11,14-16H2,1-6H3,(H,34,37)(H,38,41). The maximum Gasteiger partial charge on any atom is 0.417 e. The van der Waals surface area contributed by atoms with Crippen LogP contribution in [-0.4, -0.2) is 36.1 Å². The maximum absolute atomic E-state index is 14.3. The van der Waals surface area contributed by atoms with Crippen LogP contribution in [0.5, 0.6) is 0 Å². The highest BCUT2D eigenvalue weighted by Crippen LogP contribution is 2.37. The zero-order valence-corrected chi connectivity index (χ0v) is 26.8. The molecule has 234 valence electrons. The largest absolute Gasteiger partial charge is 0.417 e. The molecule has 1 aromatic heterocycles. The second-order valence-corrected chi connectivity index (χ2v) is 15.0. The predicted molar refractivity (Wildman–Crippen MR) is 161 cm³/mol. The molecule has 0 atom stereocenters.